The highest BCUT2D eigenvalue weighted by atomic mass is 127. The Morgan fingerprint density at radius 3 is 2.61 bits per heavy atom. The summed E-state index contributed by atoms with van der Waals surface area (Å²) in [5, 5.41) is 4.23. The number of alkyl halides is 1. The van der Waals surface area contributed by atoms with Crippen LogP contribution < -0.4 is 10.1 Å². The number of aliphatic imine (C=N–C) groups is 1. The number of anilines is 1. The molecule has 3 nitrogen and oxygen atoms in total. The van der Waals surface area contributed by atoms with Crippen molar-refractivity contribution in [1.29, 1.82) is 0 Å². The predicted octanol–water partition coefficient (Wildman–Crippen LogP) is 4.57. The molecule has 1 N–H and O–H groups in total. The molecule has 102 valence electrons. The molecule has 0 radical (unpaired) electrons. The summed E-state index contributed by atoms with van der Waals surface area (Å²) in [4.78, 5) is 6.50. The number of hydrogen-bond donors (Lipinski definition) is 1. The second-order valence-corrected chi connectivity index (χ2v) is 4.16. The zero-order chi connectivity index (χ0) is 12.8. The number of thioether (sulfide) groups is 1. The quantitative estimate of drug-likeness (QED) is 0.461. The maximum absolute atomic E-state index is 5.33. The molecule has 1 aromatic rings. The van der Waals surface area contributed by atoms with E-state index in [0.717, 1.165) is 16.6 Å². The highest BCUT2D eigenvalue weighted by molar-refractivity contribution is 14.1. The molecule has 0 aromatic heterocycles. The second-order valence-electron chi connectivity index (χ2n) is 3.36. The Morgan fingerprint density at radius 2 is 2.06 bits per heavy atom. The third-order valence-electron chi connectivity index (χ3n) is 2.46. The van der Waals surface area contributed by atoms with Gasteiger partial charge in [-0.15, -0.1) is 24.0 Å². The number of rotatable bonds is 1. The third kappa shape index (κ3) is 4.16. The van der Waals surface area contributed by atoms with Gasteiger partial charge in [-0.3, -0.25) is 4.99 Å². The lowest BCUT2D eigenvalue weighted by Crippen LogP contribution is -2.17. The van der Waals surface area contributed by atoms with E-state index >= 15 is 0 Å². The van der Waals surface area contributed by atoms with Gasteiger partial charge in [0.1, 0.15) is 5.75 Å². The van der Waals surface area contributed by atoms with E-state index in [1.165, 1.54) is 5.56 Å². The van der Waals surface area contributed by atoms with Crippen LogP contribution in [0, 0.1) is 0 Å². The summed E-state index contributed by atoms with van der Waals surface area (Å²) in [6, 6.07) is 6.23. The molecule has 2 rings (SSSR count). The molecule has 0 saturated carbocycles. The number of amidine groups is 1. The standard InChI is InChI=1S/C11H14N2OS.CH3I.HI/c1-7-8-5-4-6-9(14-2)10(8)13-11(12-7)15-3;1-2;/h4-7H,1-3H3,(H,12,13);1H3;1H. The summed E-state index contributed by atoms with van der Waals surface area (Å²) in [5.41, 5.74) is 2.24. The monoisotopic (exact) mass is 492 g/mol. The Morgan fingerprint density at radius 1 is 1.39 bits per heavy atom. The number of nitrogens with zero attached hydrogens (tertiary/aromatic N) is 1. The highest BCUT2D eigenvalue weighted by Crippen LogP contribution is 2.37. The number of nitrogens with one attached hydrogen (secondary N) is 1. The number of fused-ring (bicyclic) bond motifs is 1. The van der Waals surface area contributed by atoms with Crippen LogP contribution in [0.1, 0.15) is 18.5 Å². The van der Waals surface area contributed by atoms with Gasteiger partial charge in [0.05, 0.1) is 18.8 Å². The summed E-state index contributed by atoms with van der Waals surface area (Å²) in [6.45, 7) is 2.09. The van der Waals surface area contributed by atoms with Crippen LogP contribution in [0.5, 0.6) is 5.75 Å². The Labute approximate surface area is 144 Å². The fraction of sp³-hybridized carbons (Fsp3) is 0.417. The zero-order valence-corrected chi connectivity index (χ0v) is 16.2. The molecule has 6 heteroatoms. The van der Waals surface area contributed by atoms with Crippen LogP contribution in [0.4, 0.5) is 5.69 Å². The second kappa shape index (κ2) is 9.24. The highest BCUT2D eigenvalue weighted by Gasteiger charge is 2.20. The van der Waals surface area contributed by atoms with Crippen molar-refractivity contribution in [2.75, 3.05) is 23.6 Å². The maximum Gasteiger partial charge on any atom is 0.161 e. The minimum absolute atomic E-state index is 0. The SMILES string of the molecule is CI.COc1cccc2c1NC(SC)=NC2C.I. The van der Waals surface area contributed by atoms with Gasteiger partial charge in [0.2, 0.25) is 0 Å². The number of ether oxygens (including phenoxy) is 1. The van der Waals surface area contributed by atoms with Crippen molar-refractivity contribution in [2.24, 2.45) is 4.99 Å². The van der Waals surface area contributed by atoms with Crippen molar-refractivity contribution < 1.29 is 4.74 Å². The maximum atomic E-state index is 5.33. The molecule has 0 aliphatic carbocycles. The Bertz CT molecular complexity index is 413. The first kappa shape index (κ1) is 18.3. The Kier molecular flexibility index (Phi) is 9.40. The lowest BCUT2D eigenvalue weighted by molar-refractivity contribution is 0.416. The van der Waals surface area contributed by atoms with Crippen LogP contribution in [0.25, 0.3) is 0 Å². The molecular formula is C12H18I2N2OS. The molecule has 1 aromatic carbocycles. The third-order valence-corrected chi connectivity index (χ3v) is 3.06. The van der Waals surface area contributed by atoms with Crippen molar-refractivity contribution in [3.8, 4) is 5.75 Å². The molecule has 0 spiro atoms. The van der Waals surface area contributed by atoms with Gasteiger partial charge in [0.25, 0.3) is 0 Å². The molecule has 0 fully saturated rings. The first-order valence-corrected chi connectivity index (χ1v) is 8.58. The summed E-state index contributed by atoms with van der Waals surface area (Å²) in [7, 11) is 1.69. The number of benzene rings is 1. The Hall–Kier alpha value is 0.300. The molecular weight excluding hydrogens is 474 g/mol. The molecule has 1 heterocycles. The van der Waals surface area contributed by atoms with Gasteiger partial charge in [-0.05, 0) is 24.2 Å². The number of hydrogen-bond acceptors (Lipinski definition) is 4. The van der Waals surface area contributed by atoms with Crippen molar-refractivity contribution in [1.82, 2.24) is 0 Å². The van der Waals surface area contributed by atoms with Gasteiger partial charge < -0.3 is 10.1 Å². The van der Waals surface area contributed by atoms with E-state index in [1.807, 2.05) is 23.3 Å². The number of methoxy groups -OCH3 is 1. The van der Waals surface area contributed by atoms with Crippen molar-refractivity contribution in [2.45, 2.75) is 13.0 Å². The van der Waals surface area contributed by atoms with E-state index in [2.05, 4.69) is 45.9 Å². The summed E-state index contributed by atoms with van der Waals surface area (Å²) >= 11 is 3.77. The first-order chi connectivity index (χ1) is 8.26. The van der Waals surface area contributed by atoms with Crippen LogP contribution in [-0.2, 0) is 0 Å². The fourth-order valence-corrected chi connectivity index (χ4v) is 2.16. The van der Waals surface area contributed by atoms with Gasteiger partial charge >= 0.3 is 0 Å². The topological polar surface area (TPSA) is 33.6 Å². The molecule has 1 aliphatic rings. The Balaban J connectivity index is 0.000000917. The van der Waals surface area contributed by atoms with Crippen molar-refractivity contribution in [3.05, 3.63) is 23.8 Å². The normalized spacial score (nSPS) is 16.1. The van der Waals surface area contributed by atoms with Crippen molar-refractivity contribution in [3.63, 3.8) is 0 Å². The van der Waals surface area contributed by atoms with Gasteiger partial charge in [0.15, 0.2) is 5.17 Å². The number of para-hydroxylation sites is 1. The van der Waals surface area contributed by atoms with Crippen molar-refractivity contribution >= 4 is 69.2 Å². The molecule has 0 amide bonds. The molecule has 1 aliphatic heterocycles. The largest absolute Gasteiger partial charge is 0.495 e. The van der Waals surface area contributed by atoms with E-state index in [4.69, 9.17) is 4.74 Å². The van der Waals surface area contributed by atoms with Crippen LogP contribution in [0.15, 0.2) is 23.2 Å². The minimum atomic E-state index is 0. The van der Waals surface area contributed by atoms with Crippen LogP contribution >= 0.6 is 58.3 Å². The molecule has 1 atom stereocenters. The van der Waals surface area contributed by atoms with E-state index in [-0.39, 0.29) is 30.0 Å². The van der Waals surface area contributed by atoms with Crippen LogP contribution in [0.2, 0.25) is 0 Å². The fourth-order valence-electron chi connectivity index (χ4n) is 1.69. The lowest BCUT2D eigenvalue weighted by atomic mass is 10.0. The molecule has 1 unspecified atom stereocenters. The number of halogens is 2. The smallest absolute Gasteiger partial charge is 0.161 e. The van der Waals surface area contributed by atoms with Gasteiger partial charge in [0, 0.05) is 5.56 Å². The van der Waals surface area contributed by atoms with Gasteiger partial charge in [-0.1, -0.05) is 46.5 Å². The van der Waals surface area contributed by atoms with E-state index < -0.39 is 0 Å². The van der Waals surface area contributed by atoms with Crippen LogP contribution in [-0.4, -0.2) is 23.5 Å². The summed E-state index contributed by atoms with van der Waals surface area (Å²) < 4.78 is 5.33. The molecule has 0 bridgehead atoms. The average molecular weight is 492 g/mol. The average Bonchev–Trinajstić information content (AvgIpc) is 2.40. The lowest BCUT2D eigenvalue weighted by Gasteiger charge is -2.23. The summed E-state index contributed by atoms with van der Waals surface area (Å²) in [6.07, 6.45) is 2.01. The predicted molar refractivity (Wildman–Crippen MR) is 101 cm³/mol. The van der Waals surface area contributed by atoms with E-state index in [1.54, 1.807) is 18.9 Å². The van der Waals surface area contributed by atoms with Gasteiger partial charge in [-0.25, -0.2) is 0 Å². The molecule has 18 heavy (non-hydrogen) atoms. The van der Waals surface area contributed by atoms with Gasteiger partial charge in [-0.2, -0.15) is 0 Å². The molecule has 0 saturated heterocycles. The van der Waals surface area contributed by atoms with E-state index in [9.17, 15) is 0 Å². The minimum Gasteiger partial charge on any atom is -0.495 e. The zero-order valence-electron chi connectivity index (χ0n) is 10.9. The van der Waals surface area contributed by atoms with E-state index in [0.29, 0.717) is 0 Å². The first-order valence-electron chi connectivity index (χ1n) is 5.19. The van der Waals surface area contributed by atoms with Crippen LogP contribution in [0.3, 0.4) is 0 Å². The summed E-state index contributed by atoms with van der Waals surface area (Å²) in [5.74, 6) is 0.876.